The van der Waals surface area contributed by atoms with Crippen molar-refractivity contribution >= 4 is 35.2 Å². The summed E-state index contributed by atoms with van der Waals surface area (Å²) in [4.78, 5) is 40.5. The van der Waals surface area contributed by atoms with Gasteiger partial charge in [-0.25, -0.2) is 4.79 Å². The maximum absolute atomic E-state index is 13.9. The monoisotopic (exact) mass is 534 g/mol. The molecule has 2 fully saturated rings. The summed E-state index contributed by atoms with van der Waals surface area (Å²) in [5, 5.41) is 13.3. The maximum atomic E-state index is 13.9. The van der Waals surface area contributed by atoms with Crippen molar-refractivity contribution in [1.82, 2.24) is 19.7 Å². The third-order valence-electron chi connectivity index (χ3n) is 7.19. The number of aryl methyl sites for hydroxylation is 1. The summed E-state index contributed by atoms with van der Waals surface area (Å²) in [5.74, 6) is -0.266. The minimum absolute atomic E-state index is 0.0362. The largest absolute Gasteiger partial charge is 0.465 e. The fraction of sp³-hybridized carbons (Fsp3) is 0.500. The number of pyridine rings is 1. The predicted molar refractivity (Wildman–Crippen MR) is 140 cm³/mol. The fourth-order valence-electron chi connectivity index (χ4n) is 4.84. The number of hydrogen-bond acceptors (Lipinski definition) is 4. The number of likely N-dealkylation sites (N-methyl/N-ethyl adjacent to an activating group) is 1. The van der Waals surface area contributed by atoms with Crippen molar-refractivity contribution in [3.8, 4) is 0 Å². The first-order valence-electron chi connectivity index (χ1n) is 12.2. The lowest BCUT2D eigenvalue weighted by Crippen LogP contribution is -2.47. The van der Waals surface area contributed by atoms with E-state index in [0.29, 0.717) is 36.1 Å². The Morgan fingerprint density at radius 3 is 2.61 bits per heavy atom. The molecule has 1 saturated heterocycles. The number of rotatable bonds is 8. The Bertz CT molecular complexity index is 1200. The van der Waals surface area contributed by atoms with Crippen LogP contribution < -0.4 is 10.9 Å². The van der Waals surface area contributed by atoms with E-state index in [1.807, 2.05) is 17.0 Å². The highest BCUT2D eigenvalue weighted by Gasteiger charge is 2.40. The van der Waals surface area contributed by atoms with Crippen molar-refractivity contribution in [2.75, 3.05) is 26.7 Å². The average molecular weight is 535 g/mol. The molecule has 2 N–H and O–H groups in total. The second-order valence-corrected chi connectivity index (χ2v) is 10.6. The summed E-state index contributed by atoms with van der Waals surface area (Å²) in [6.45, 7) is 2.01. The van der Waals surface area contributed by atoms with Gasteiger partial charge in [0.2, 0.25) is 5.91 Å². The van der Waals surface area contributed by atoms with Gasteiger partial charge in [0.15, 0.2) is 0 Å². The van der Waals surface area contributed by atoms with Gasteiger partial charge in [0.05, 0.1) is 16.0 Å². The molecule has 2 amide bonds. The molecule has 4 rings (SSSR count). The number of nitrogens with zero attached hydrogens (tertiary/aromatic N) is 3. The minimum Gasteiger partial charge on any atom is -0.465 e. The molecular formula is C26H32Cl2N4O4. The fourth-order valence-corrected chi connectivity index (χ4v) is 5.27. The molecule has 2 aliphatic rings. The van der Waals surface area contributed by atoms with Gasteiger partial charge in [-0.15, -0.1) is 0 Å². The zero-order valence-electron chi connectivity index (χ0n) is 20.5. The van der Waals surface area contributed by atoms with Gasteiger partial charge in [-0.2, -0.15) is 0 Å². The summed E-state index contributed by atoms with van der Waals surface area (Å²) < 4.78 is 1.53. The molecule has 0 radical (unpaired) electrons. The number of benzene rings is 1. The van der Waals surface area contributed by atoms with Gasteiger partial charge in [0, 0.05) is 52.0 Å². The average Bonchev–Trinajstić information content (AvgIpc) is 3.70. The summed E-state index contributed by atoms with van der Waals surface area (Å²) in [5.41, 5.74) is 2.45. The van der Waals surface area contributed by atoms with Crippen molar-refractivity contribution < 1.29 is 14.7 Å². The molecular weight excluding hydrogens is 503 g/mol. The lowest BCUT2D eigenvalue weighted by molar-refractivity contribution is -0.138. The normalized spacial score (nSPS) is 19.7. The number of carboxylic acid groups (broad SMARTS) is 1. The molecule has 194 valence electrons. The molecule has 36 heavy (non-hydrogen) atoms. The molecule has 2 aromatic rings. The van der Waals surface area contributed by atoms with Crippen LogP contribution in [0.25, 0.3) is 0 Å². The minimum atomic E-state index is -0.993. The third kappa shape index (κ3) is 6.05. The van der Waals surface area contributed by atoms with Crippen molar-refractivity contribution in [3.63, 3.8) is 0 Å². The summed E-state index contributed by atoms with van der Waals surface area (Å²) >= 11 is 13.0. The Balaban J connectivity index is 1.57. The van der Waals surface area contributed by atoms with Crippen LogP contribution in [0.5, 0.6) is 0 Å². The number of halogens is 2. The van der Waals surface area contributed by atoms with E-state index in [2.05, 4.69) is 5.32 Å². The molecule has 10 heteroatoms. The van der Waals surface area contributed by atoms with E-state index in [0.717, 1.165) is 42.5 Å². The smallest absolute Gasteiger partial charge is 0.407 e. The molecule has 0 unspecified atom stereocenters. The molecule has 0 spiro atoms. The highest BCUT2D eigenvalue weighted by molar-refractivity contribution is 6.42. The first-order chi connectivity index (χ1) is 17.2. The zero-order chi connectivity index (χ0) is 26.0. The second kappa shape index (κ2) is 11.2. The molecule has 2 heterocycles. The molecule has 2 atom stereocenters. The van der Waals surface area contributed by atoms with Gasteiger partial charge < -0.3 is 24.8 Å². The summed E-state index contributed by atoms with van der Waals surface area (Å²) in [6, 6.07) is 7.41. The molecule has 1 saturated carbocycles. The SMILES string of the molecule is CN(CCc1cc(Cl)c(Cl)c(CN(C(=O)[C@H]2CNCC[C@@H]2c2ccn(C)c(=O)c2)C2CC2)c1)C(=O)O. The van der Waals surface area contributed by atoms with Crippen LogP contribution in [0.2, 0.25) is 10.0 Å². The second-order valence-electron chi connectivity index (χ2n) is 9.82. The number of nitrogens with one attached hydrogen (secondary N) is 1. The Hall–Kier alpha value is -2.55. The van der Waals surface area contributed by atoms with Crippen LogP contribution in [-0.4, -0.2) is 64.2 Å². The summed E-state index contributed by atoms with van der Waals surface area (Å²) in [6.07, 6.45) is 3.92. The quantitative estimate of drug-likeness (QED) is 0.538. The van der Waals surface area contributed by atoms with Crippen LogP contribution in [0.1, 0.15) is 41.9 Å². The van der Waals surface area contributed by atoms with Crippen molar-refractivity contribution in [3.05, 3.63) is 67.6 Å². The lowest BCUT2D eigenvalue weighted by Gasteiger charge is -2.36. The number of hydrogen-bond donors (Lipinski definition) is 2. The molecule has 8 nitrogen and oxygen atoms in total. The standard InChI is InChI=1S/C26H32Cl2N4O4/c1-30-10-7-17(13-23(30)33)20-5-8-29-14-21(20)25(34)32(19-3-4-19)15-18-11-16(12-22(27)24(18)28)6-9-31(2)26(35)36/h7,10-13,19-21,29H,3-6,8-9,14-15H2,1-2H3,(H,35,36)/t20-,21+/m1/s1. The number of aromatic nitrogens is 1. The Kier molecular flexibility index (Phi) is 8.27. The van der Waals surface area contributed by atoms with E-state index in [1.54, 1.807) is 25.4 Å². The van der Waals surface area contributed by atoms with E-state index in [1.165, 1.54) is 16.5 Å². The first kappa shape index (κ1) is 26.5. The summed E-state index contributed by atoms with van der Waals surface area (Å²) in [7, 11) is 3.24. The van der Waals surface area contributed by atoms with Crippen LogP contribution in [0.15, 0.2) is 35.3 Å². The van der Waals surface area contributed by atoms with Crippen molar-refractivity contribution in [2.45, 2.75) is 44.2 Å². The Morgan fingerprint density at radius 2 is 1.94 bits per heavy atom. The van der Waals surface area contributed by atoms with Gasteiger partial charge in [-0.3, -0.25) is 9.59 Å². The van der Waals surface area contributed by atoms with Crippen LogP contribution >= 0.6 is 23.2 Å². The highest BCUT2D eigenvalue weighted by atomic mass is 35.5. The molecule has 0 bridgehead atoms. The van der Waals surface area contributed by atoms with Crippen LogP contribution in [-0.2, 0) is 24.8 Å². The first-order valence-corrected chi connectivity index (χ1v) is 13.0. The lowest BCUT2D eigenvalue weighted by atomic mass is 9.80. The van der Waals surface area contributed by atoms with E-state index < -0.39 is 6.09 Å². The highest BCUT2D eigenvalue weighted by Crippen LogP contribution is 2.37. The van der Waals surface area contributed by atoms with Gasteiger partial charge in [0.25, 0.3) is 5.56 Å². The number of carbonyl (C=O) groups excluding carboxylic acids is 1. The van der Waals surface area contributed by atoms with E-state index in [4.69, 9.17) is 28.3 Å². The Labute approximate surface area is 220 Å². The molecule has 1 aromatic carbocycles. The Morgan fingerprint density at radius 1 is 1.19 bits per heavy atom. The number of piperidine rings is 1. The number of carbonyl (C=O) groups is 2. The maximum Gasteiger partial charge on any atom is 0.407 e. The van der Waals surface area contributed by atoms with Gasteiger partial charge in [0.1, 0.15) is 0 Å². The van der Waals surface area contributed by atoms with E-state index in [-0.39, 0.29) is 29.3 Å². The van der Waals surface area contributed by atoms with Gasteiger partial charge in [-0.1, -0.05) is 29.3 Å². The van der Waals surface area contributed by atoms with Crippen molar-refractivity contribution in [1.29, 1.82) is 0 Å². The van der Waals surface area contributed by atoms with Crippen LogP contribution in [0.4, 0.5) is 4.79 Å². The van der Waals surface area contributed by atoms with Crippen molar-refractivity contribution in [2.24, 2.45) is 13.0 Å². The molecule has 1 aliphatic carbocycles. The zero-order valence-corrected chi connectivity index (χ0v) is 22.1. The third-order valence-corrected chi connectivity index (χ3v) is 8.03. The topological polar surface area (TPSA) is 94.9 Å². The predicted octanol–water partition coefficient (Wildman–Crippen LogP) is 3.73. The van der Waals surface area contributed by atoms with Crippen LogP contribution in [0.3, 0.4) is 0 Å². The van der Waals surface area contributed by atoms with E-state index >= 15 is 0 Å². The van der Waals surface area contributed by atoms with Crippen LogP contribution in [0, 0.1) is 5.92 Å². The molecule has 1 aromatic heterocycles. The van der Waals surface area contributed by atoms with Gasteiger partial charge >= 0.3 is 6.09 Å². The van der Waals surface area contributed by atoms with E-state index in [9.17, 15) is 14.4 Å². The van der Waals surface area contributed by atoms with Gasteiger partial charge in [-0.05, 0) is 67.0 Å². The number of amides is 2. The molecule has 1 aliphatic heterocycles.